The molecule has 14 heavy (non-hydrogen) atoms. The second-order valence-corrected chi connectivity index (χ2v) is 6.23. The lowest BCUT2D eigenvalue weighted by molar-refractivity contribution is 0.171. The predicted octanol–water partition coefficient (Wildman–Crippen LogP) is 2.38. The zero-order valence-corrected chi connectivity index (χ0v) is 9.58. The standard InChI is InChI=1S/C10H18NO2P/c1-12-14-11-6-8(7-13-14)9-4-2-3-5-10(9)11/h8-10H,2-7H2,1H3/t8-,9+,10?,14-/m0/s1. The first-order chi connectivity index (χ1) is 6.90. The Morgan fingerprint density at radius 1 is 1.36 bits per heavy atom. The van der Waals surface area contributed by atoms with Gasteiger partial charge in [-0.3, -0.25) is 0 Å². The van der Waals surface area contributed by atoms with Gasteiger partial charge in [-0.05, 0) is 18.8 Å². The molecule has 2 bridgehead atoms. The molecule has 0 radical (unpaired) electrons. The summed E-state index contributed by atoms with van der Waals surface area (Å²) in [5.74, 6) is 1.71. The average molecular weight is 215 g/mol. The van der Waals surface area contributed by atoms with Crippen LogP contribution in [0.2, 0.25) is 0 Å². The van der Waals surface area contributed by atoms with E-state index in [2.05, 4.69) is 4.67 Å². The van der Waals surface area contributed by atoms with Gasteiger partial charge in [0.15, 0.2) is 0 Å². The van der Waals surface area contributed by atoms with E-state index in [1.807, 2.05) is 0 Å². The van der Waals surface area contributed by atoms with E-state index in [4.69, 9.17) is 9.05 Å². The highest BCUT2D eigenvalue weighted by Crippen LogP contribution is 2.57. The van der Waals surface area contributed by atoms with Gasteiger partial charge >= 0.3 is 0 Å². The van der Waals surface area contributed by atoms with Crippen LogP contribution in [0.5, 0.6) is 0 Å². The highest BCUT2D eigenvalue weighted by Gasteiger charge is 2.49. The minimum absolute atomic E-state index is 0.702. The molecule has 1 saturated carbocycles. The summed E-state index contributed by atoms with van der Waals surface area (Å²) in [4.78, 5) is 0. The molecule has 80 valence electrons. The molecule has 3 rings (SSSR count). The molecule has 1 aliphatic carbocycles. The van der Waals surface area contributed by atoms with Crippen LogP contribution in [-0.4, -0.2) is 31.0 Å². The highest BCUT2D eigenvalue weighted by atomic mass is 31.2. The third-order valence-electron chi connectivity index (χ3n) is 3.96. The lowest BCUT2D eigenvalue weighted by atomic mass is 9.80. The fraction of sp³-hybridized carbons (Fsp3) is 1.00. The predicted molar refractivity (Wildman–Crippen MR) is 55.8 cm³/mol. The van der Waals surface area contributed by atoms with E-state index < -0.39 is 8.53 Å². The fourth-order valence-electron chi connectivity index (χ4n) is 3.33. The molecule has 3 aliphatic rings. The molecule has 2 aliphatic heterocycles. The molecule has 2 saturated heterocycles. The van der Waals surface area contributed by atoms with E-state index in [1.165, 1.54) is 32.2 Å². The Kier molecular flexibility index (Phi) is 2.53. The van der Waals surface area contributed by atoms with Crippen LogP contribution in [-0.2, 0) is 9.05 Å². The minimum atomic E-state index is -0.702. The van der Waals surface area contributed by atoms with Crippen molar-refractivity contribution in [1.29, 1.82) is 0 Å². The quantitative estimate of drug-likeness (QED) is 0.627. The lowest BCUT2D eigenvalue weighted by Gasteiger charge is -2.33. The van der Waals surface area contributed by atoms with Gasteiger partial charge in [-0.15, -0.1) is 0 Å². The molecule has 0 aromatic heterocycles. The molecule has 3 nitrogen and oxygen atoms in total. The number of hydrogen-bond donors (Lipinski definition) is 0. The van der Waals surface area contributed by atoms with Gasteiger partial charge in [-0.25, -0.2) is 4.67 Å². The van der Waals surface area contributed by atoms with Crippen molar-refractivity contribution in [3.63, 3.8) is 0 Å². The third-order valence-corrected chi connectivity index (χ3v) is 5.52. The van der Waals surface area contributed by atoms with Crippen LogP contribution in [0.1, 0.15) is 25.7 Å². The Balaban J connectivity index is 1.81. The maximum atomic E-state index is 5.77. The Morgan fingerprint density at radius 2 is 2.21 bits per heavy atom. The number of nitrogens with zero attached hydrogens (tertiary/aromatic N) is 1. The fourth-order valence-corrected chi connectivity index (χ4v) is 4.98. The van der Waals surface area contributed by atoms with Gasteiger partial charge in [0.1, 0.15) is 0 Å². The molecule has 0 amide bonds. The monoisotopic (exact) mass is 215 g/mol. The summed E-state index contributed by atoms with van der Waals surface area (Å²) in [6.45, 7) is 2.17. The molecule has 5 atom stereocenters. The summed E-state index contributed by atoms with van der Waals surface area (Å²) in [7, 11) is 1.08. The van der Waals surface area contributed by atoms with Crippen molar-refractivity contribution < 1.29 is 9.05 Å². The van der Waals surface area contributed by atoms with Crippen LogP contribution in [0, 0.1) is 11.8 Å². The van der Waals surface area contributed by atoms with Crippen molar-refractivity contribution in [1.82, 2.24) is 4.67 Å². The minimum Gasteiger partial charge on any atom is -0.325 e. The first kappa shape index (κ1) is 9.53. The normalized spacial score (nSPS) is 51.6. The third kappa shape index (κ3) is 1.34. The summed E-state index contributed by atoms with van der Waals surface area (Å²) in [6, 6.07) is 0.780. The highest BCUT2D eigenvalue weighted by molar-refractivity contribution is 7.44. The van der Waals surface area contributed by atoms with E-state index in [0.29, 0.717) is 0 Å². The van der Waals surface area contributed by atoms with Crippen molar-refractivity contribution in [3.05, 3.63) is 0 Å². The SMILES string of the molecule is CO[P@@]1OC[C@@H]2CN1C1CCCC[C@@H]12. The zero-order chi connectivity index (χ0) is 9.54. The van der Waals surface area contributed by atoms with Crippen molar-refractivity contribution in [2.24, 2.45) is 11.8 Å². The van der Waals surface area contributed by atoms with Crippen molar-refractivity contribution in [2.45, 2.75) is 31.7 Å². The van der Waals surface area contributed by atoms with Crippen LogP contribution >= 0.6 is 8.53 Å². The zero-order valence-electron chi connectivity index (χ0n) is 8.69. The summed E-state index contributed by atoms with van der Waals surface area (Å²) < 4.78 is 13.7. The Labute approximate surface area is 86.7 Å². The van der Waals surface area contributed by atoms with Crippen LogP contribution in [0.15, 0.2) is 0 Å². The molecule has 0 N–H and O–H groups in total. The van der Waals surface area contributed by atoms with Gasteiger partial charge in [0.2, 0.25) is 0 Å². The van der Waals surface area contributed by atoms with Crippen molar-refractivity contribution in [3.8, 4) is 0 Å². The number of rotatable bonds is 1. The van der Waals surface area contributed by atoms with E-state index in [9.17, 15) is 0 Å². The topological polar surface area (TPSA) is 21.7 Å². The molecule has 2 unspecified atom stereocenters. The van der Waals surface area contributed by atoms with Crippen LogP contribution < -0.4 is 0 Å². The second kappa shape index (κ2) is 3.71. The average Bonchev–Trinajstić information content (AvgIpc) is 2.55. The van der Waals surface area contributed by atoms with Gasteiger partial charge in [0, 0.05) is 25.6 Å². The van der Waals surface area contributed by atoms with E-state index in [1.54, 1.807) is 7.11 Å². The van der Waals surface area contributed by atoms with Gasteiger partial charge in [0.05, 0.1) is 6.61 Å². The smallest absolute Gasteiger partial charge is 0.258 e. The van der Waals surface area contributed by atoms with E-state index in [-0.39, 0.29) is 0 Å². The molecular weight excluding hydrogens is 197 g/mol. The number of fused-ring (bicyclic) bond motifs is 5. The van der Waals surface area contributed by atoms with Crippen LogP contribution in [0.25, 0.3) is 0 Å². The van der Waals surface area contributed by atoms with Crippen LogP contribution in [0.4, 0.5) is 0 Å². The molecule has 3 fully saturated rings. The molecule has 4 heteroatoms. The first-order valence-corrected chi connectivity index (χ1v) is 6.77. The molecule has 0 spiro atoms. The Hall–Kier alpha value is 0.310. The van der Waals surface area contributed by atoms with E-state index in [0.717, 1.165) is 24.5 Å². The van der Waals surface area contributed by atoms with Gasteiger partial charge in [-0.1, -0.05) is 12.8 Å². The van der Waals surface area contributed by atoms with Gasteiger partial charge in [-0.2, -0.15) is 0 Å². The lowest BCUT2D eigenvalue weighted by Crippen LogP contribution is -2.31. The largest absolute Gasteiger partial charge is 0.325 e. The Morgan fingerprint density at radius 3 is 3.07 bits per heavy atom. The van der Waals surface area contributed by atoms with Crippen molar-refractivity contribution >= 4 is 8.53 Å². The number of hydrogen-bond acceptors (Lipinski definition) is 3. The first-order valence-electron chi connectivity index (χ1n) is 5.64. The van der Waals surface area contributed by atoms with Gasteiger partial charge in [0.25, 0.3) is 8.53 Å². The van der Waals surface area contributed by atoms with E-state index >= 15 is 0 Å². The molecule has 0 aromatic rings. The summed E-state index contributed by atoms with van der Waals surface area (Å²) in [5.41, 5.74) is 0. The van der Waals surface area contributed by atoms with Gasteiger partial charge < -0.3 is 9.05 Å². The van der Waals surface area contributed by atoms with Crippen molar-refractivity contribution in [2.75, 3.05) is 20.3 Å². The van der Waals surface area contributed by atoms with Crippen LogP contribution in [0.3, 0.4) is 0 Å². The summed E-state index contributed by atoms with van der Waals surface area (Å²) >= 11 is 0. The summed E-state index contributed by atoms with van der Waals surface area (Å²) in [6.07, 6.45) is 5.61. The summed E-state index contributed by atoms with van der Waals surface area (Å²) in [5, 5.41) is 0. The Bertz CT molecular complexity index is 226. The molecule has 2 heterocycles. The second-order valence-electron chi connectivity index (χ2n) is 4.61. The maximum Gasteiger partial charge on any atom is 0.258 e. The molecular formula is C10H18NO2P. The maximum absolute atomic E-state index is 5.77. The molecule has 0 aromatic carbocycles.